The largest absolute Gasteiger partial charge is 0.493 e. The lowest BCUT2D eigenvalue weighted by Gasteiger charge is -2.21. The summed E-state index contributed by atoms with van der Waals surface area (Å²) in [7, 11) is 0. The topological polar surface area (TPSA) is 81.4 Å². The third-order valence-electron chi connectivity index (χ3n) is 7.05. The van der Waals surface area contributed by atoms with Gasteiger partial charge in [-0.3, -0.25) is 19.1 Å². The standard InChI is InChI=1S/C29H21F3N2O4S/c1-15-11-21-27(39-28(37)34(21)14-16-3-2-4-18(12-16)29(30,31)32)25(20(15)13-23(35)36)19-5-6-22-24-17(8-10-38-22)7-9-33-26(19)24/h2-7,9,11-12H,8,10,13-14H2,1H3,(H,35,36). The number of nitrogens with zero attached hydrogens (tertiary/aromatic N) is 2. The maximum atomic E-state index is 13.3. The summed E-state index contributed by atoms with van der Waals surface area (Å²) < 4.78 is 47.8. The van der Waals surface area contributed by atoms with E-state index >= 15 is 0 Å². The number of fused-ring (bicyclic) bond motifs is 1. The van der Waals surface area contributed by atoms with Crippen LogP contribution in [0.15, 0.2) is 59.5 Å². The Bertz CT molecular complexity index is 1850. The number of alkyl halides is 3. The van der Waals surface area contributed by atoms with E-state index in [2.05, 4.69) is 4.98 Å². The van der Waals surface area contributed by atoms with Crippen molar-refractivity contribution < 1.29 is 27.8 Å². The van der Waals surface area contributed by atoms with Gasteiger partial charge >= 0.3 is 17.0 Å². The van der Waals surface area contributed by atoms with E-state index in [1.807, 2.05) is 18.2 Å². The van der Waals surface area contributed by atoms with Crippen molar-refractivity contribution in [3.05, 3.63) is 92.2 Å². The molecule has 0 atom stereocenters. The molecule has 3 heterocycles. The quantitative estimate of drug-likeness (QED) is 0.281. The molecular weight excluding hydrogens is 529 g/mol. The molecule has 0 bridgehead atoms. The number of halogens is 3. The fraction of sp³-hybridized carbons (Fsp3) is 0.207. The molecule has 39 heavy (non-hydrogen) atoms. The molecule has 0 aliphatic carbocycles. The molecule has 198 valence electrons. The second-order valence-electron chi connectivity index (χ2n) is 9.52. The molecule has 6 rings (SSSR count). The van der Waals surface area contributed by atoms with Gasteiger partial charge in [0, 0.05) is 29.1 Å². The first-order chi connectivity index (χ1) is 18.6. The van der Waals surface area contributed by atoms with Crippen molar-refractivity contribution >= 4 is 38.4 Å². The number of pyridine rings is 1. The van der Waals surface area contributed by atoms with Crippen molar-refractivity contribution in [3.8, 4) is 16.9 Å². The van der Waals surface area contributed by atoms with Gasteiger partial charge in [0.15, 0.2) is 0 Å². The fourth-order valence-electron chi connectivity index (χ4n) is 5.31. The Balaban J connectivity index is 1.61. The number of hydrogen-bond donors (Lipinski definition) is 1. The predicted octanol–water partition coefficient (Wildman–Crippen LogP) is 6.22. The minimum atomic E-state index is -4.50. The van der Waals surface area contributed by atoms with Crippen molar-refractivity contribution in [2.75, 3.05) is 6.61 Å². The summed E-state index contributed by atoms with van der Waals surface area (Å²) in [6, 6.07) is 12.3. The number of hydrogen-bond acceptors (Lipinski definition) is 5. The van der Waals surface area contributed by atoms with Gasteiger partial charge in [0.1, 0.15) is 5.75 Å². The highest BCUT2D eigenvalue weighted by molar-refractivity contribution is 7.17. The molecule has 0 saturated carbocycles. The molecule has 6 nitrogen and oxygen atoms in total. The zero-order valence-electron chi connectivity index (χ0n) is 20.6. The number of carbonyl (C=O) groups is 1. The molecule has 1 aliphatic heterocycles. The van der Waals surface area contributed by atoms with Crippen LogP contribution in [0.3, 0.4) is 0 Å². The number of carboxylic acids is 1. The van der Waals surface area contributed by atoms with E-state index in [1.54, 1.807) is 25.3 Å². The number of aliphatic carboxylic acids is 1. The lowest BCUT2D eigenvalue weighted by molar-refractivity contribution is -0.138. The van der Waals surface area contributed by atoms with Crippen LogP contribution in [0, 0.1) is 6.92 Å². The maximum absolute atomic E-state index is 13.3. The monoisotopic (exact) mass is 550 g/mol. The molecule has 0 unspecified atom stereocenters. The van der Waals surface area contributed by atoms with Crippen molar-refractivity contribution in [1.82, 2.24) is 9.55 Å². The molecule has 5 aromatic rings. The van der Waals surface area contributed by atoms with E-state index in [1.165, 1.54) is 10.6 Å². The Morgan fingerprint density at radius 1 is 1.18 bits per heavy atom. The average molecular weight is 551 g/mol. The summed E-state index contributed by atoms with van der Waals surface area (Å²) in [5, 5.41) is 10.6. The van der Waals surface area contributed by atoms with Crippen LogP contribution in [-0.4, -0.2) is 27.2 Å². The Morgan fingerprint density at radius 2 is 2.00 bits per heavy atom. The second kappa shape index (κ2) is 9.23. The molecule has 0 radical (unpaired) electrons. The molecular formula is C29H21F3N2O4S. The van der Waals surface area contributed by atoms with Crippen LogP contribution in [0.4, 0.5) is 13.2 Å². The van der Waals surface area contributed by atoms with Crippen LogP contribution in [0.1, 0.15) is 27.8 Å². The van der Waals surface area contributed by atoms with Gasteiger partial charge in [0.2, 0.25) is 0 Å². The van der Waals surface area contributed by atoms with Crippen molar-refractivity contribution in [1.29, 1.82) is 0 Å². The molecule has 0 spiro atoms. The molecule has 10 heteroatoms. The first-order valence-corrected chi connectivity index (χ1v) is 13.0. The van der Waals surface area contributed by atoms with Crippen LogP contribution in [0.25, 0.3) is 32.2 Å². The summed E-state index contributed by atoms with van der Waals surface area (Å²) in [5.41, 5.74) is 4.29. The van der Waals surface area contributed by atoms with Gasteiger partial charge in [-0.15, -0.1) is 0 Å². The fourth-order valence-corrected chi connectivity index (χ4v) is 6.37. The highest BCUT2D eigenvalue weighted by atomic mass is 32.1. The van der Waals surface area contributed by atoms with Crippen molar-refractivity contribution in [2.45, 2.75) is 32.5 Å². The Hall–Kier alpha value is -4.18. The molecule has 0 saturated heterocycles. The highest BCUT2D eigenvalue weighted by Crippen LogP contribution is 2.43. The van der Waals surface area contributed by atoms with Gasteiger partial charge in [0.25, 0.3) is 0 Å². The van der Waals surface area contributed by atoms with E-state index in [0.717, 1.165) is 34.4 Å². The third-order valence-corrected chi connectivity index (χ3v) is 8.07. The number of aromatic nitrogens is 2. The Morgan fingerprint density at radius 3 is 2.77 bits per heavy atom. The lowest BCUT2D eigenvalue weighted by Crippen LogP contribution is -2.14. The minimum absolute atomic E-state index is 0.0597. The zero-order valence-corrected chi connectivity index (χ0v) is 21.4. The number of benzene rings is 3. The average Bonchev–Trinajstić information content (AvgIpc) is 3.19. The number of ether oxygens (including phenoxy) is 1. The first-order valence-electron chi connectivity index (χ1n) is 12.2. The van der Waals surface area contributed by atoms with Crippen LogP contribution >= 0.6 is 11.3 Å². The number of aryl methyl sites for hydroxylation is 1. The summed E-state index contributed by atoms with van der Waals surface area (Å²) in [6.07, 6.45) is -2.35. The van der Waals surface area contributed by atoms with E-state index in [0.29, 0.717) is 62.3 Å². The van der Waals surface area contributed by atoms with E-state index < -0.39 is 17.7 Å². The van der Waals surface area contributed by atoms with Gasteiger partial charge < -0.3 is 9.84 Å². The molecule has 2 aromatic heterocycles. The summed E-state index contributed by atoms with van der Waals surface area (Å²) in [6.45, 7) is 2.26. The molecule has 1 N–H and O–H groups in total. The van der Waals surface area contributed by atoms with Gasteiger partial charge in [-0.05, 0) is 65.6 Å². The smallest absolute Gasteiger partial charge is 0.416 e. The highest BCUT2D eigenvalue weighted by Gasteiger charge is 2.30. The normalized spacial score (nSPS) is 13.1. The van der Waals surface area contributed by atoms with Gasteiger partial charge in [0.05, 0.1) is 40.9 Å². The Labute approximate surface area is 223 Å². The van der Waals surface area contributed by atoms with Crippen LogP contribution in [0.2, 0.25) is 0 Å². The SMILES string of the molecule is Cc1cc2c(sc(=O)n2Cc2cccc(C(F)(F)F)c2)c(-c2ccc3c4c(ccnc24)CCO3)c1CC(=O)O. The maximum Gasteiger partial charge on any atom is 0.416 e. The number of thiazole rings is 1. The molecule has 1 aliphatic rings. The minimum Gasteiger partial charge on any atom is -0.493 e. The van der Waals surface area contributed by atoms with Crippen LogP contribution < -0.4 is 9.61 Å². The summed E-state index contributed by atoms with van der Waals surface area (Å²) in [4.78, 5) is 29.5. The van der Waals surface area contributed by atoms with E-state index in [-0.39, 0.29) is 17.8 Å². The summed E-state index contributed by atoms with van der Waals surface area (Å²) >= 11 is 0.949. The summed E-state index contributed by atoms with van der Waals surface area (Å²) in [5.74, 6) is -0.324. The van der Waals surface area contributed by atoms with Gasteiger partial charge in [-0.25, -0.2) is 0 Å². The molecule has 0 fully saturated rings. The molecule has 3 aromatic carbocycles. The Kier molecular flexibility index (Phi) is 5.95. The number of carboxylic acid groups (broad SMARTS) is 1. The predicted molar refractivity (Wildman–Crippen MR) is 143 cm³/mol. The van der Waals surface area contributed by atoms with Crippen molar-refractivity contribution in [3.63, 3.8) is 0 Å². The van der Waals surface area contributed by atoms with Gasteiger partial charge in [-0.1, -0.05) is 23.5 Å². The van der Waals surface area contributed by atoms with Crippen LogP contribution in [0.5, 0.6) is 5.75 Å². The lowest BCUT2D eigenvalue weighted by atomic mass is 9.90. The van der Waals surface area contributed by atoms with E-state index in [9.17, 15) is 27.9 Å². The second-order valence-corrected chi connectivity index (χ2v) is 10.5. The van der Waals surface area contributed by atoms with Crippen LogP contribution in [-0.2, 0) is 30.4 Å². The van der Waals surface area contributed by atoms with Crippen molar-refractivity contribution in [2.24, 2.45) is 0 Å². The van der Waals surface area contributed by atoms with Gasteiger partial charge in [-0.2, -0.15) is 13.2 Å². The van der Waals surface area contributed by atoms with E-state index in [4.69, 9.17) is 4.74 Å². The third kappa shape index (κ3) is 4.34. The molecule has 0 amide bonds. The number of rotatable bonds is 5. The zero-order chi connectivity index (χ0) is 27.5. The first kappa shape index (κ1) is 25.1.